The molecule has 0 aliphatic rings. The van der Waals surface area contributed by atoms with Gasteiger partial charge in [0.25, 0.3) is 11.8 Å². The second-order valence-corrected chi connectivity index (χ2v) is 5.61. The molecule has 138 valence electrons. The van der Waals surface area contributed by atoms with E-state index in [-0.39, 0.29) is 5.76 Å². The number of hydrogen-bond donors (Lipinski definition) is 2. The fourth-order valence-corrected chi connectivity index (χ4v) is 2.13. The summed E-state index contributed by atoms with van der Waals surface area (Å²) >= 11 is 5.88. The highest BCUT2D eigenvalue weighted by Crippen LogP contribution is 2.27. The van der Waals surface area contributed by atoms with Crippen LogP contribution in [0.25, 0.3) is 0 Å². The number of amides is 2. The number of furan rings is 1. The maximum atomic E-state index is 11.9. The fraction of sp³-hybridized carbons (Fsp3) is 0.235. The Morgan fingerprint density at radius 1 is 1.27 bits per heavy atom. The van der Waals surface area contributed by atoms with Crippen LogP contribution in [-0.4, -0.2) is 37.5 Å². The molecule has 2 aromatic rings. The third-order valence-corrected chi connectivity index (χ3v) is 3.46. The minimum absolute atomic E-state index is 0.0652. The van der Waals surface area contributed by atoms with Gasteiger partial charge in [0.1, 0.15) is 11.8 Å². The molecular weight excluding hydrogens is 364 g/mol. The second-order valence-electron chi connectivity index (χ2n) is 5.17. The van der Waals surface area contributed by atoms with Crippen molar-refractivity contribution in [3.63, 3.8) is 0 Å². The summed E-state index contributed by atoms with van der Waals surface area (Å²) in [6.45, 7) is 0.899. The quantitative estimate of drug-likeness (QED) is 0.713. The van der Waals surface area contributed by atoms with E-state index in [0.29, 0.717) is 16.5 Å². The SMILES string of the molecule is COc1ccc(Cl)cc1NC(=O)COC(=O)[C@H](C)NC(=O)c1ccco1. The first-order valence-corrected chi connectivity index (χ1v) is 7.93. The van der Waals surface area contributed by atoms with Gasteiger partial charge in [0, 0.05) is 5.02 Å². The van der Waals surface area contributed by atoms with Crippen molar-refractivity contribution in [1.29, 1.82) is 0 Å². The lowest BCUT2D eigenvalue weighted by molar-refractivity contribution is -0.148. The average Bonchev–Trinajstić information content (AvgIpc) is 3.14. The van der Waals surface area contributed by atoms with Gasteiger partial charge in [0.05, 0.1) is 19.1 Å². The van der Waals surface area contributed by atoms with Crippen molar-refractivity contribution in [2.24, 2.45) is 0 Å². The van der Waals surface area contributed by atoms with E-state index in [0.717, 1.165) is 0 Å². The number of esters is 1. The molecule has 1 aromatic carbocycles. The first kappa shape index (κ1) is 19.3. The number of hydrogen-bond acceptors (Lipinski definition) is 6. The third-order valence-electron chi connectivity index (χ3n) is 3.23. The minimum atomic E-state index is -0.957. The molecule has 2 N–H and O–H groups in total. The molecular formula is C17H17ClN2O6. The van der Waals surface area contributed by atoms with Crippen molar-refractivity contribution in [2.75, 3.05) is 19.0 Å². The fourth-order valence-electron chi connectivity index (χ4n) is 1.96. The Balaban J connectivity index is 1.84. The Labute approximate surface area is 154 Å². The molecule has 1 aromatic heterocycles. The van der Waals surface area contributed by atoms with Crippen molar-refractivity contribution in [3.8, 4) is 5.75 Å². The molecule has 0 radical (unpaired) electrons. The van der Waals surface area contributed by atoms with Crippen LogP contribution in [0.1, 0.15) is 17.5 Å². The monoisotopic (exact) mass is 380 g/mol. The molecule has 26 heavy (non-hydrogen) atoms. The van der Waals surface area contributed by atoms with Gasteiger partial charge in [-0.15, -0.1) is 0 Å². The number of nitrogens with one attached hydrogen (secondary N) is 2. The number of benzene rings is 1. The van der Waals surface area contributed by atoms with Crippen LogP contribution < -0.4 is 15.4 Å². The first-order valence-electron chi connectivity index (χ1n) is 7.55. The Hall–Kier alpha value is -3.00. The molecule has 2 rings (SSSR count). The topological polar surface area (TPSA) is 107 Å². The smallest absolute Gasteiger partial charge is 0.328 e. The van der Waals surface area contributed by atoms with Crippen molar-refractivity contribution < 1.29 is 28.3 Å². The number of methoxy groups -OCH3 is 1. The van der Waals surface area contributed by atoms with Gasteiger partial charge in [0.15, 0.2) is 12.4 Å². The summed E-state index contributed by atoms with van der Waals surface area (Å²) in [5.41, 5.74) is 0.347. The predicted octanol–water partition coefficient (Wildman–Crippen LogP) is 2.24. The highest BCUT2D eigenvalue weighted by Gasteiger charge is 2.20. The van der Waals surface area contributed by atoms with E-state index in [2.05, 4.69) is 10.6 Å². The van der Waals surface area contributed by atoms with Gasteiger partial charge in [-0.3, -0.25) is 9.59 Å². The molecule has 0 aliphatic carbocycles. The maximum Gasteiger partial charge on any atom is 0.328 e. The van der Waals surface area contributed by atoms with Gasteiger partial charge < -0.3 is 24.5 Å². The second kappa shape index (κ2) is 8.91. The summed E-state index contributed by atoms with van der Waals surface area (Å²) < 4.78 is 14.9. The zero-order valence-electron chi connectivity index (χ0n) is 14.1. The molecule has 9 heteroatoms. The largest absolute Gasteiger partial charge is 0.495 e. The molecule has 0 bridgehead atoms. The van der Waals surface area contributed by atoms with Crippen LogP contribution in [0.5, 0.6) is 5.75 Å². The van der Waals surface area contributed by atoms with E-state index in [4.69, 9.17) is 25.5 Å². The van der Waals surface area contributed by atoms with Crippen molar-refractivity contribution in [1.82, 2.24) is 5.32 Å². The van der Waals surface area contributed by atoms with Crippen LogP contribution in [0.2, 0.25) is 5.02 Å². The van der Waals surface area contributed by atoms with E-state index in [1.54, 1.807) is 18.2 Å². The molecule has 0 aliphatic heterocycles. The van der Waals surface area contributed by atoms with Crippen LogP contribution in [0.15, 0.2) is 41.0 Å². The predicted molar refractivity (Wildman–Crippen MR) is 93.2 cm³/mol. The van der Waals surface area contributed by atoms with Crippen LogP contribution in [0.4, 0.5) is 5.69 Å². The average molecular weight is 381 g/mol. The third kappa shape index (κ3) is 5.25. The number of carbonyl (C=O) groups excluding carboxylic acids is 3. The Bertz CT molecular complexity index is 791. The van der Waals surface area contributed by atoms with Gasteiger partial charge in [-0.05, 0) is 37.3 Å². The molecule has 0 spiro atoms. The molecule has 1 atom stereocenters. The molecule has 0 saturated carbocycles. The van der Waals surface area contributed by atoms with Crippen molar-refractivity contribution >= 4 is 35.1 Å². The van der Waals surface area contributed by atoms with Gasteiger partial charge >= 0.3 is 5.97 Å². The van der Waals surface area contributed by atoms with Gasteiger partial charge in [-0.1, -0.05) is 11.6 Å². The number of anilines is 1. The molecule has 1 heterocycles. The maximum absolute atomic E-state index is 11.9. The molecule has 2 amide bonds. The van der Waals surface area contributed by atoms with Crippen molar-refractivity contribution in [3.05, 3.63) is 47.4 Å². The summed E-state index contributed by atoms with van der Waals surface area (Å²) in [6, 6.07) is 6.76. The summed E-state index contributed by atoms with van der Waals surface area (Å²) in [5, 5.41) is 5.35. The Morgan fingerprint density at radius 3 is 2.69 bits per heavy atom. The zero-order valence-corrected chi connectivity index (χ0v) is 14.8. The first-order chi connectivity index (χ1) is 12.4. The number of rotatable bonds is 7. The highest BCUT2D eigenvalue weighted by atomic mass is 35.5. The van der Waals surface area contributed by atoms with Crippen molar-refractivity contribution in [2.45, 2.75) is 13.0 Å². The minimum Gasteiger partial charge on any atom is -0.495 e. The molecule has 0 saturated heterocycles. The van der Waals surface area contributed by atoms with Crippen LogP contribution in [0, 0.1) is 0 Å². The lowest BCUT2D eigenvalue weighted by Gasteiger charge is -2.13. The van der Waals surface area contributed by atoms with Crippen LogP contribution in [-0.2, 0) is 14.3 Å². The lowest BCUT2D eigenvalue weighted by atomic mass is 10.3. The Morgan fingerprint density at radius 2 is 2.04 bits per heavy atom. The van der Waals surface area contributed by atoms with Crippen LogP contribution in [0.3, 0.4) is 0 Å². The van der Waals surface area contributed by atoms with Crippen LogP contribution >= 0.6 is 11.6 Å². The molecule has 8 nitrogen and oxygen atoms in total. The number of ether oxygens (including phenoxy) is 2. The zero-order chi connectivity index (χ0) is 19.1. The van der Waals surface area contributed by atoms with E-state index in [1.165, 1.54) is 32.4 Å². The van der Waals surface area contributed by atoms with E-state index in [9.17, 15) is 14.4 Å². The lowest BCUT2D eigenvalue weighted by Crippen LogP contribution is -2.40. The summed E-state index contributed by atoms with van der Waals surface area (Å²) in [6.07, 6.45) is 1.34. The van der Waals surface area contributed by atoms with E-state index >= 15 is 0 Å². The number of carbonyl (C=O) groups is 3. The van der Waals surface area contributed by atoms with Gasteiger partial charge in [0.2, 0.25) is 0 Å². The highest BCUT2D eigenvalue weighted by molar-refractivity contribution is 6.31. The van der Waals surface area contributed by atoms with E-state index < -0.39 is 30.4 Å². The molecule has 0 unspecified atom stereocenters. The van der Waals surface area contributed by atoms with E-state index in [1.807, 2.05) is 0 Å². The standard InChI is InChI=1S/C17H17ClN2O6/c1-10(19-16(22)14-4-3-7-25-14)17(23)26-9-15(21)20-12-8-11(18)5-6-13(12)24-2/h3-8,10H,9H2,1-2H3,(H,19,22)(H,20,21)/t10-/m0/s1. The normalized spacial score (nSPS) is 11.3. The van der Waals surface area contributed by atoms with Gasteiger partial charge in [-0.2, -0.15) is 0 Å². The molecule has 0 fully saturated rings. The summed E-state index contributed by atoms with van der Waals surface area (Å²) in [4.78, 5) is 35.6. The Kier molecular flexibility index (Phi) is 6.62. The number of halogens is 1. The summed E-state index contributed by atoms with van der Waals surface area (Å²) in [7, 11) is 1.45. The summed E-state index contributed by atoms with van der Waals surface area (Å²) in [5.74, 6) is -1.43. The van der Waals surface area contributed by atoms with Gasteiger partial charge in [-0.25, -0.2) is 4.79 Å².